The lowest BCUT2D eigenvalue weighted by molar-refractivity contribution is -0.113. The Kier molecular flexibility index (Phi) is 7.93. The highest BCUT2D eigenvalue weighted by atomic mass is 35.5. The van der Waals surface area contributed by atoms with Gasteiger partial charge < -0.3 is 9.47 Å². The molecule has 34 heavy (non-hydrogen) atoms. The fourth-order valence-electron chi connectivity index (χ4n) is 3.63. The van der Waals surface area contributed by atoms with Crippen molar-refractivity contribution in [1.29, 1.82) is 0 Å². The average Bonchev–Trinajstić information content (AvgIpc) is 3.12. The van der Waals surface area contributed by atoms with Crippen molar-refractivity contribution in [1.82, 2.24) is 0 Å². The number of ether oxygens (including phenoxy) is 2. The zero-order valence-corrected chi connectivity index (χ0v) is 21.3. The minimum Gasteiger partial charge on any atom is -0.490 e. The molecular formula is C27H24ClNO3S2. The van der Waals surface area contributed by atoms with Crippen molar-refractivity contribution in [2.45, 2.75) is 26.9 Å². The van der Waals surface area contributed by atoms with E-state index in [0.29, 0.717) is 39.0 Å². The van der Waals surface area contributed by atoms with Crippen LogP contribution < -0.4 is 14.4 Å². The van der Waals surface area contributed by atoms with E-state index in [1.807, 2.05) is 79.7 Å². The zero-order chi connectivity index (χ0) is 24.1. The Hall–Kier alpha value is -2.80. The third-order valence-electron chi connectivity index (χ3n) is 5.31. The van der Waals surface area contributed by atoms with Crippen molar-refractivity contribution >= 4 is 57.6 Å². The first-order chi connectivity index (χ1) is 16.5. The van der Waals surface area contributed by atoms with Crippen molar-refractivity contribution in [3.63, 3.8) is 0 Å². The summed E-state index contributed by atoms with van der Waals surface area (Å²) in [5, 5.41) is 0.656. The summed E-state index contributed by atoms with van der Waals surface area (Å²) in [5.41, 5.74) is 3.65. The molecule has 0 radical (unpaired) electrons. The van der Waals surface area contributed by atoms with E-state index in [2.05, 4.69) is 6.92 Å². The maximum absolute atomic E-state index is 13.2. The fraction of sp³-hybridized carbons (Fsp3) is 0.185. The number of thioether (sulfide) groups is 1. The Morgan fingerprint density at radius 2 is 1.71 bits per heavy atom. The van der Waals surface area contributed by atoms with Gasteiger partial charge in [0.2, 0.25) is 0 Å². The van der Waals surface area contributed by atoms with Gasteiger partial charge in [-0.05, 0) is 54.8 Å². The van der Waals surface area contributed by atoms with Crippen LogP contribution in [0.25, 0.3) is 6.08 Å². The molecule has 1 aliphatic heterocycles. The van der Waals surface area contributed by atoms with Crippen LogP contribution in [0.3, 0.4) is 0 Å². The maximum atomic E-state index is 13.2. The lowest BCUT2D eigenvalue weighted by Crippen LogP contribution is -2.28. The molecule has 1 amide bonds. The first-order valence-corrected chi connectivity index (χ1v) is 12.6. The highest BCUT2D eigenvalue weighted by molar-refractivity contribution is 8.27. The second-order valence-corrected chi connectivity index (χ2v) is 9.60. The van der Waals surface area contributed by atoms with Crippen molar-refractivity contribution in [2.75, 3.05) is 11.5 Å². The molecule has 0 aromatic heterocycles. The zero-order valence-electron chi connectivity index (χ0n) is 18.9. The Bertz CT molecular complexity index is 1260. The molecule has 1 aliphatic rings. The topological polar surface area (TPSA) is 38.8 Å². The standard InChI is InChI=1S/C27H24ClNO3S2/c1-3-19-9-6-8-12-22(19)29-26(30)25(34-27(29)33)16-18-13-14-23(24(15-18)31-4-2)32-17-20-10-5-7-11-21(20)28/h5-16H,3-4,17H2,1-2H3/b25-16-. The molecule has 0 aliphatic carbocycles. The Balaban J connectivity index is 1.57. The molecule has 0 atom stereocenters. The summed E-state index contributed by atoms with van der Waals surface area (Å²) >= 11 is 13.1. The van der Waals surface area contributed by atoms with E-state index in [0.717, 1.165) is 28.8 Å². The number of anilines is 1. The van der Waals surface area contributed by atoms with E-state index >= 15 is 0 Å². The number of thiocarbonyl (C=S) groups is 1. The number of nitrogens with zero attached hydrogens (tertiary/aromatic N) is 1. The van der Waals surface area contributed by atoms with Crippen molar-refractivity contribution < 1.29 is 14.3 Å². The largest absolute Gasteiger partial charge is 0.490 e. The Morgan fingerprint density at radius 3 is 2.44 bits per heavy atom. The number of rotatable bonds is 8. The highest BCUT2D eigenvalue weighted by Crippen LogP contribution is 2.38. The van der Waals surface area contributed by atoms with Gasteiger partial charge in [-0.15, -0.1) is 0 Å². The fourth-order valence-corrected chi connectivity index (χ4v) is 5.10. The molecule has 4 rings (SSSR count). The Labute approximate surface area is 214 Å². The first kappa shape index (κ1) is 24.3. The number of halogens is 1. The van der Waals surface area contributed by atoms with Gasteiger partial charge in [-0.25, -0.2) is 0 Å². The SMILES string of the molecule is CCOc1cc(/C=C2\SC(=S)N(c3ccccc3CC)C2=O)ccc1OCc1ccccc1Cl. The molecule has 3 aromatic rings. The third kappa shape index (κ3) is 5.30. The second-order valence-electron chi connectivity index (χ2n) is 7.52. The van der Waals surface area contributed by atoms with Gasteiger partial charge in [0, 0.05) is 10.6 Å². The van der Waals surface area contributed by atoms with Gasteiger partial charge in [0.05, 0.1) is 17.2 Å². The smallest absolute Gasteiger partial charge is 0.270 e. The molecule has 0 unspecified atom stereocenters. The van der Waals surface area contributed by atoms with Crippen molar-refractivity contribution in [2.24, 2.45) is 0 Å². The van der Waals surface area contributed by atoms with Crippen molar-refractivity contribution in [3.05, 3.63) is 93.3 Å². The summed E-state index contributed by atoms with van der Waals surface area (Å²) in [6, 6.07) is 21.0. The molecule has 3 aromatic carbocycles. The van der Waals surface area contributed by atoms with E-state index < -0.39 is 0 Å². The van der Waals surface area contributed by atoms with Crippen LogP contribution in [0.1, 0.15) is 30.5 Å². The maximum Gasteiger partial charge on any atom is 0.270 e. The summed E-state index contributed by atoms with van der Waals surface area (Å²) in [4.78, 5) is 15.4. The second kappa shape index (κ2) is 11.1. The normalized spacial score (nSPS) is 14.7. The molecule has 0 bridgehead atoms. The molecule has 1 fully saturated rings. The number of para-hydroxylation sites is 1. The summed E-state index contributed by atoms with van der Waals surface area (Å²) in [6.45, 7) is 4.80. The van der Waals surface area contributed by atoms with E-state index in [-0.39, 0.29) is 5.91 Å². The van der Waals surface area contributed by atoms with Gasteiger partial charge in [-0.2, -0.15) is 0 Å². The van der Waals surface area contributed by atoms with Gasteiger partial charge >= 0.3 is 0 Å². The van der Waals surface area contributed by atoms with Crippen LogP contribution in [0, 0.1) is 0 Å². The molecule has 174 valence electrons. The minimum atomic E-state index is -0.118. The number of amides is 1. The molecule has 0 spiro atoms. The van der Waals surface area contributed by atoms with Crippen LogP contribution in [-0.2, 0) is 17.8 Å². The van der Waals surface area contributed by atoms with Crippen LogP contribution in [0.15, 0.2) is 71.6 Å². The minimum absolute atomic E-state index is 0.118. The van der Waals surface area contributed by atoms with Gasteiger partial charge in [-0.1, -0.05) is 85.0 Å². The number of benzene rings is 3. The van der Waals surface area contributed by atoms with Crippen LogP contribution in [0.5, 0.6) is 11.5 Å². The summed E-state index contributed by atoms with van der Waals surface area (Å²) < 4.78 is 12.3. The van der Waals surface area contributed by atoms with Crippen LogP contribution >= 0.6 is 35.6 Å². The molecule has 0 saturated carbocycles. The predicted molar refractivity (Wildman–Crippen MR) is 145 cm³/mol. The van der Waals surface area contributed by atoms with Gasteiger partial charge in [0.25, 0.3) is 5.91 Å². The average molecular weight is 510 g/mol. The monoisotopic (exact) mass is 509 g/mol. The lowest BCUT2D eigenvalue weighted by Gasteiger charge is -2.18. The highest BCUT2D eigenvalue weighted by Gasteiger charge is 2.34. The van der Waals surface area contributed by atoms with E-state index in [1.54, 1.807) is 4.90 Å². The third-order valence-corrected chi connectivity index (χ3v) is 6.98. The first-order valence-electron chi connectivity index (χ1n) is 11.0. The summed E-state index contributed by atoms with van der Waals surface area (Å²) in [7, 11) is 0. The number of hydrogen-bond acceptors (Lipinski definition) is 5. The molecular weight excluding hydrogens is 486 g/mol. The van der Waals surface area contributed by atoms with Crippen LogP contribution in [0.4, 0.5) is 5.69 Å². The molecule has 1 saturated heterocycles. The Morgan fingerprint density at radius 1 is 0.971 bits per heavy atom. The van der Waals surface area contributed by atoms with Gasteiger partial charge in [-0.3, -0.25) is 9.69 Å². The van der Waals surface area contributed by atoms with Crippen LogP contribution in [0.2, 0.25) is 5.02 Å². The molecule has 1 heterocycles. The molecule has 0 N–H and O–H groups in total. The van der Waals surface area contributed by atoms with Crippen molar-refractivity contribution in [3.8, 4) is 11.5 Å². The van der Waals surface area contributed by atoms with Gasteiger partial charge in [0.1, 0.15) is 6.61 Å². The number of carbonyl (C=O) groups excluding carboxylic acids is 1. The van der Waals surface area contributed by atoms with E-state index in [9.17, 15) is 4.79 Å². The lowest BCUT2D eigenvalue weighted by atomic mass is 10.1. The number of carbonyl (C=O) groups is 1. The quantitative estimate of drug-likeness (QED) is 0.235. The molecule has 7 heteroatoms. The summed E-state index contributed by atoms with van der Waals surface area (Å²) in [6.07, 6.45) is 2.66. The predicted octanol–water partition coefficient (Wildman–Crippen LogP) is 7.29. The number of hydrogen-bond donors (Lipinski definition) is 0. The van der Waals surface area contributed by atoms with Crippen LogP contribution in [-0.4, -0.2) is 16.8 Å². The number of aryl methyl sites for hydroxylation is 1. The van der Waals surface area contributed by atoms with Gasteiger partial charge in [0.15, 0.2) is 15.8 Å². The van der Waals surface area contributed by atoms with E-state index in [1.165, 1.54) is 11.8 Å². The van der Waals surface area contributed by atoms with E-state index in [4.69, 9.17) is 33.3 Å². The summed E-state index contributed by atoms with van der Waals surface area (Å²) in [5.74, 6) is 1.10. The molecule has 4 nitrogen and oxygen atoms in total.